The van der Waals surface area contributed by atoms with Crippen molar-refractivity contribution in [3.63, 3.8) is 0 Å². The molecule has 0 aliphatic carbocycles. The second-order valence-electron chi connectivity index (χ2n) is 3.57. The van der Waals surface area contributed by atoms with Crippen molar-refractivity contribution in [3.8, 4) is 0 Å². The molecule has 1 aliphatic rings. The molecular formula is C10H14N2O4. The molecular weight excluding hydrogens is 212 g/mol. The Bertz CT molecular complexity index is 428. The summed E-state index contributed by atoms with van der Waals surface area (Å²) in [6, 6.07) is 0.936. The fourth-order valence-electron chi connectivity index (χ4n) is 1.57. The van der Waals surface area contributed by atoms with Gasteiger partial charge in [-0.05, 0) is 0 Å². The van der Waals surface area contributed by atoms with Gasteiger partial charge in [0.2, 0.25) is 0 Å². The van der Waals surface area contributed by atoms with Crippen molar-refractivity contribution in [1.82, 2.24) is 9.64 Å². The fourth-order valence-corrected chi connectivity index (χ4v) is 1.57. The first-order valence-corrected chi connectivity index (χ1v) is 5.31. The van der Waals surface area contributed by atoms with E-state index in [1.54, 1.807) is 4.90 Å². The Labute approximate surface area is 92.4 Å². The van der Waals surface area contributed by atoms with E-state index in [1.165, 1.54) is 6.07 Å². The second kappa shape index (κ2) is 4.52. The van der Waals surface area contributed by atoms with Gasteiger partial charge in [0.25, 0.3) is 5.56 Å². The van der Waals surface area contributed by atoms with Crippen LogP contribution in [0.2, 0.25) is 0 Å². The van der Waals surface area contributed by atoms with Gasteiger partial charge in [0.15, 0.2) is 0 Å². The SMILES string of the molecule is CCc1cc(=O)n(C(=O)N2CCOCC2)o1. The third-order valence-corrected chi connectivity index (χ3v) is 2.50. The quantitative estimate of drug-likeness (QED) is 0.691. The van der Waals surface area contributed by atoms with Crippen LogP contribution in [-0.4, -0.2) is 42.0 Å². The molecule has 2 heterocycles. The third kappa shape index (κ3) is 2.01. The number of aromatic nitrogens is 1. The van der Waals surface area contributed by atoms with Crippen LogP contribution in [0.5, 0.6) is 0 Å². The van der Waals surface area contributed by atoms with Gasteiger partial charge >= 0.3 is 6.03 Å². The first kappa shape index (κ1) is 10.9. The van der Waals surface area contributed by atoms with Gasteiger partial charge in [0.1, 0.15) is 5.76 Å². The molecule has 2 rings (SSSR count). The Kier molecular flexibility index (Phi) is 3.09. The van der Waals surface area contributed by atoms with Crippen molar-refractivity contribution in [1.29, 1.82) is 0 Å². The predicted molar refractivity (Wildman–Crippen MR) is 55.5 cm³/mol. The first-order valence-electron chi connectivity index (χ1n) is 5.31. The van der Waals surface area contributed by atoms with Crippen molar-refractivity contribution in [3.05, 3.63) is 22.2 Å². The van der Waals surface area contributed by atoms with E-state index in [-0.39, 0.29) is 0 Å². The molecule has 0 N–H and O–H groups in total. The Hall–Kier alpha value is -1.56. The number of hydrogen-bond acceptors (Lipinski definition) is 4. The van der Waals surface area contributed by atoms with Gasteiger partial charge in [-0.2, -0.15) is 0 Å². The smallest absolute Gasteiger partial charge is 0.361 e. The summed E-state index contributed by atoms with van der Waals surface area (Å²) in [6.07, 6.45) is 0.596. The number of morpholine rings is 1. The number of hydrogen-bond donors (Lipinski definition) is 0. The number of ether oxygens (including phenoxy) is 1. The topological polar surface area (TPSA) is 64.7 Å². The van der Waals surface area contributed by atoms with Crippen LogP contribution in [0.1, 0.15) is 12.7 Å². The summed E-state index contributed by atoms with van der Waals surface area (Å²) in [7, 11) is 0. The number of aryl methyl sites for hydroxylation is 1. The lowest BCUT2D eigenvalue weighted by atomic mass is 10.4. The maximum absolute atomic E-state index is 11.9. The Morgan fingerprint density at radius 1 is 1.44 bits per heavy atom. The van der Waals surface area contributed by atoms with Crippen LogP contribution in [0, 0.1) is 0 Å². The number of amides is 1. The van der Waals surface area contributed by atoms with Crippen LogP contribution in [-0.2, 0) is 11.2 Å². The molecule has 1 amide bonds. The van der Waals surface area contributed by atoms with Crippen LogP contribution in [0.4, 0.5) is 4.79 Å². The molecule has 88 valence electrons. The lowest BCUT2D eigenvalue weighted by molar-refractivity contribution is 0.0478. The minimum Gasteiger partial charge on any atom is -0.378 e. The van der Waals surface area contributed by atoms with Gasteiger partial charge in [0, 0.05) is 25.6 Å². The average molecular weight is 226 g/mol. The lowest BCUT2D eigenvalue weighted by Crippen LogP contribution is -2.44. The molecule has 1 aromatic rings. The molecule has 1 fully saturated rings. The van der Waals surface area contributed by atoms with E-state index in [2.05, 4.69) is 0 Å². The van der Waals surface area contributed by atoms with Crippen molar-refractivity contribution in [2.75, 3.05) is 26.3 Å². The summed E-state index contributed by atoms with van der Waals surface area (Å²) in [5.74, 6) is 0.520. The van der Waals surface area contributed by atoms with Crippen LogP contribution in [0.25, 0.3) is 0 Å². The molecule has 0 unspecified atom stereocenters. The first-order chi connectivity index (χ1) is 7.72. The fraction of sp³-hybridized carbons (Fsp3) is 0.600. The van der Waals surface area contributed by atoms with E-state index in [1.807, 2.05) is 6.92 Å². The molecule has 1 saturated heterocycles. The Morgan fingerprint density at radius 2 is 2.12 bits per heavy atom. The average Bonchev–Trinajstić information content (AvgIpc) is 2.71. The van der Waals surface area contributed by atoms with Crippen LogP contribution >= 0.6 is 0 Å². The van der Waals surface area contributed by atoms with Crippen molar-refractivity contribution >= 4 is 6.03 Å². The molecule has 6 nitrogen and oxygen atoms in total. The second-order valence-corrected chi connectivity index (χ2v) is 3.57. The monoisotopic (exact) mass is 226 g/mol. The van der Waals surface area contributed by atoms with Crippen molar-refractivity contribution in [2.24, 2.45) is 0 Å². The summed E-state index contributed by atoms with van der Waals surface area (Å²) >= 11 is 0. The van der Waals surface area contributed by atoms with Crippen molar-refractivity contribution in [2.45, 2.75) is 13.3 Å². The van der Waals surface area contributed by atoms with Gasteiger partial charge < -0.3 is 14.2 Å². The van der Waals surface area contributed by atoms with E-state index in [0.717, 1.165) is 4.74 Å². The maximum Gasteiger partial charge on any atom is 0.361 e. The largest absolute Gasteiger partial charge is 0.378 e. The summed E-state index contributed by atoms with van der Waals surface area (Å²) in [4.78, 5) is 24.9. The highest BCUT2D eigenvalue weighted by Gasteiger charge is 2.22. The highest BCUT2D eigenvalue weighted by atomic mass is 16.5. The highest BCUT2D eigenvalue weighted by molar-refractivity contribution is 5.75. The molecule has 16 heavy (non-hydrogen) atoms. The summed E-state index contributed by atoms with van der Waals surface area (Å²) < 4.78 is 11.1. The molecule has 0 atom stereocenters. The van der Waals surface area contributed by atoms with E-state index < -0.39 is 11.6 Å². The zero-order chi connectivity index (χ0) is 11.5. The van der Waals surface area contributed by atoms with Gasteiger partial charge in [-0.1, -0.05) is 11.7 Å². The Balaban J connectivity index is 2.19. The predicted octanol–water partition coefficient (Wildman–Crippen LogP) is 0.304. The number of rotatable bonds is 1. The molecule has 0 saturated carbocycles. The molecule has 6 heteroatoms. The Morgan fingerprint density at radius 3 is 2.69 bits per heavy atom. The molecule has 0 bridgehead atoms. The molecule has 0 aromatic carbocycles. The zero-order valence-electron chi connectivity index (χ0n) is 9.14. The highest BCUT2D eigenvalue weighted by Crippen LogP contribution is 2.02. The molecule has 1 aliphatic heterocycles. The number of carbonyl (C=O) groups excluding carboxylic acids is 1. The maximum atomic E-state index is 11.9. The zero-order valence-corrected chi connectivity index (χ0v) is 9.14. The normalized spacial score (nSPS) is 16.4. The van der Waals surface area contributed by atoms with Gasteiger partial charge in [-0.25, -0.2) is 4.79 Å². The summed E-state index contributed by atoms with van der Waals surface area (Å²) in [5, 5.41) is 0. The molecule has 0 radical (unpaired) electrons. The van der Waals surface area contributed by atoms with E-state index in [0.29, 0.717) is 38.5 Å². The molecule has 1 aromatic heterocycles. The van der Waals surface area contributed by atoms with Gasteiger partial charge in [-0.15, -0.1) is 0 Å². The minimum atomic E-state index is -0.409. The van der Waals surface area contributed by atoms with Gasteiger partial charge in [0.05, 0.1) is 13.2 Å². The van der Waals surface area contributed by atoms with Crippen molar-refractivity contribution < 1.29 is 14.1 Å². The van der Waals surface area contributed by atoms with E-state index in [9.17, 15) is 9.59 Å². The lowest BCUT2D eigenvalue weighted by Gasteiger charge is -2.25. The number of carbonyl (C=O) groups is 1. The summed E-state index contributed by atoms with van der Waals surface area (Å²) in [5.41, 5.74) is -0.409. The van der Waals surface area contributed by atoms with Gasteiger partial charge in [-0.3, -0.25) is 4.79 Å². The van der Waals surface area contributed by atoms with Crippen LogP contribution in [0.3, 0.4) is 0 Å². The van der Waals surface area contributed by atoms with E-state index >= 15 is 0 Å². The van der Waals surface area contributed by atoms with Crippen LogP contribution in [0.15, 0.2) is 15.4 Å². The standard InChI is InChI=1S/C10H14N2O4/c1-2-8-7-9(13)12(16-8)10(14)11-3-5-15-6-4-11/h7H,2-6H2,1H3. The molecule has 0 spiro atoms. The minimum absolute atomic E-state index is 0.409. The third-order valence-electron chi connectivity index (χ3n) is 2.50. The summed E-state index contributed by atoms with van der Waals surface area (Å²) in [6.45, 7) is 3.85. The van der Waals surface area contributed by atoms with E-state index in [4.69, 9.17) is 9.26 Å². The number of nitrogens with zero attached hydrogens (tertiary/aromatic N) is 2. The van der Waals surface area contributed by atoms with Crippen LogP contribution < -0.4 is 5.56 Å².